The number of rotatable bonds is 2. The van der Waals surface area contributed by atoms with Crippen LogP contribution in [0.1, 0.15) is 42.1 Å². The van der Waals surface area contributed by atoms with Crippen LogP contribution in [0, 0.1) is 17.7 Å². The van der Waals surface area contributed by atoms with E-state index in [4.69, 9.17) is 5.11 Å². The Morgan fingerprint density at radius 2 is 2.35 bits per heavy atom. The van der Waals surface area contributed by atoms with Crippen molar-refractivity contribution in [2.45, 2.75) is 32.2 Å². The van der Waals surface area contributed by atoms with Crippen molar-refractivity contribution in [3.8, 4) is 11.8 Å². The number of benzene rings is 1. The lowest BCUT2D eigenvalue weighted by Gasteiger charge is -2.22. The second-order valence-corrected chi connectivity index (χ2v) is 4.96. The van der Waals surface area contributed by atoms with Crippen LogP contribution >= 0.6 is 0 Å². The third-order valence-corrected chi connectivity index (χ3v) is 3.49. The molecule has 4 heteroatoms. The van der Waals surface area contributed by atoms with Crippen LogP contribution in [0.3, 0.4) is 0 Å². The molecule has 1 N–H and O–H groups in total. The number of aliphatic hydroxyl groups is 1. The van der Waals surface area contributed by atoms with Gasteiger partial charge in [0.05, 0.1) is 12.2 Å². The molecule has 1 aromatic carbocycles. The maximum absolute atomic E-state index is 13.4. The van der Waals surface area contributed by atoms with E-state index in [9.17, 15) is 9.18 Å². The molecule has 1 aliphatic rings. The van der Waals surface area contributed by atoms with Crippen LogP contribution in [0.15, 0.2) is 18.2 Å². The zero-order chi connectivity index (χ0) is 14.5. The first kappa shape index (κ1) is 14.5. The van der Waals surface area contributed by atoms with E-state index in [0.29, 0.717) is 24.1 Å². The van der Waals surface area contributed by atoms with E-state index >= 15 is 0 Å². The lowest BCUT2D eigenvalue weighted by Crippen LogP contribution is -2.34. The molecule has 3 nitrogen and oxygen atoms in total. The average molecular weight is 275 g/mol. The topological polar surface area (TPSA) is 40.5 Å². The molecule has 20 heavy (non-hydrogen) atoms. The van der Waals surface area contributed by atoms with Gasteiger partial charge in [0, 0.05) is 24.6 Å². The summed E-state index contributed by atoms with van der Waals surface area (Å²) in [7, 11) is 0. The summed E-state index contributed by atoms with van der Waals surface area (Å²) in [5.41, 5.74) is 0.827. The van der Waals surface area contributed by atoms with E-state index in [0.717, 1.165) is 12.8 Å². The van der Waals surface area contributed by atoms with E-state index in [1.807, 2.05) is 6.92 Å². The first-order chi connectivity index (χ1) is 9.63. The second-order valence-electron chi connectivity index (χ2n) is 4.96. The number of carbonyl (C=O) groups is 1. The van der Waals surface area contributed by atoms with Crippen LogP contribution in [0.5, 0.6) is 0 Å². The highest BCUT2D eigenvalue weighted by Gasteiger charge is 2.27. The van der Waals surface area contributed by atoms with E-state index in [2.05, 4.69) is 11.8 Å². The Balaban J connectivity index is 2.32. The molecular weight excluding hydrogens is 257 g/mol. The normalized spacial score (nSPS) is 17.8. The van der Waals surface area contributed by atoms with Gasteiger partial charge in [-0.25, -0.2) is 4.39 Å². The molecule has 1 aliphatic heterocycles. The SMILES string of the molecule is CC1CCCN1C(=O)c1cc(F)ccc1C#CCCO. The number of halogens is 1. The minimum absolute atomic E-state index is 0.0271. The fourth-order valence-electron chi connectivity index (χ4n) is 2.41. The number of carbonyl (C=O) groups excluding carboxylic acids is 1. The predicted octanol–water partition coefficient (Wildman–Crippen LogP) is 2.18. The van der Waals surface area contributed by atoms with Gasteiger partial charge in [-0.1, -0.05) is 11.8 Å². The maximum Gasteiger partial charge on any atom is 0.255 e. The minimum Gasteiger partial charge on any atom is -0.395 e. The van der Waals surface area contributed by atoms with Crippen molar-refractivity contribution < 1.29 is 14.3 Å². The molecule has 0 spiro atoms. The predicted molar refractivity (Wildman–Crippen MR) is 74.7 cm³/mol. The monoisotopic (exact) mass is 275 g/mol. The van der Waals surface area contributed by atoms with Crippen LogP contribution in [0.2, 0.25) is 0 Å². The summed E-state index contributed by atoms with van der Waals surface area (Å²) in [4.78, 5) is 14.3. The van der Waals surface area contributed by atoms with Gasteiger partial charge in [-0.3, -0.25) is 4.79 Å². The molecule has 1 saturated heterocycles. The number of hydrogen-bond acceptors (Lipinski definition) is 2. The Bertz CT molecular complexity index is 559. The summed E-state index contributed by atoms with van der Waals surface area (Å²) < 4.78 is 13.4. The smallest absolute Gasteiger partial charge is 0.255 e. The minimum atomic E-state index is -0.437. The third-order valence-electron chi connectivity index (χ3n) is 3.49. The number of amides is 1. The summed E-state index contributed by atoms with van der Waals surface area (Å²) in [6.45, 7) is 2.68. The molecule has 1 heterocycles. The molecule has 1 unspecified atom stereocenters. The number of hydrogen-bond donors (Lipinski definition) is 1. The molecule has 0 bridgehead atoms. The second kappa shape index (κ2) is 6.53. The van der Waals surface area contributed by atoms with Gasteiger partial charge in [0.25, 0.3) is 5.91 Å². The van der Waals surface area contributed by atoms with Crippen LogP contribution < -0.4 is 0 Å². The first-order valence-electron chi connectivity index (χ1n) is 6.83. The average Bonchev–Trinajstić information content (AvgIpc) is 2.86. The van der Waals surface area contributed by atoms with Crippen molar-refractivity contribution >= 4 is 5.91 Å². The molecule has 106 valence electrons. The molecule has 1 fully saturated rings. The first-order valence-corrected chi connectivity index (χ1v) is 6.83. The molecule has 0 saturated carbocycles. The van der Waals surface area contributed by atoms with Gasteiger partial charge in [-0.15, -0.1) is 0 Å². The van der Waals surface area contributed by atoms with E-state index in [-0.39, 0.29) is 18.6 Å². The van der Waals surface area contributed by atoms with Gasteiger partial charge in [-0.2, -0.15) is 0 Å². The Morgan fingerprint density at radius 1 is 1.55 bits per heavy atom. The van der Waals surface area contributed by atoms with Crippen molar-refractivity contribution in [3.63, 3.8) is 0 Å². The van der Waals surface area contributed by atoms with Crippen LogP contribution in [-0.2, 0) is 0 Å². The third kappa shape index (κ3) is 3.17. The van der Waals surface area contributed by atoms with Gasteiger partial charge < -0.3 is 10.0 Å². The summed E-state index contributed by atoms with van der Waals surface area (Å²) in [5.74, 6) is 5.01. The van der Waals surface area contributed by atoms with Gasteiger partial charge in [0.1, 0.15) is 5.82 Å². The summed E-state index contributed by atoms with van der Waals surface area (Å²) in [6.07, 6.45) is 2.30. The highest BCUT2D eigenvalue weighted by atomic mass is 19.1. The number of aliphatic hydroxyl groups excluding tert-OH is 1. The van der Waals surface area contributed by atoms with Gasteiger partial charge in [-0.05, 0) is 38.0 Å². The van der Waals surface area contributed by atoms with Crippen molar-refractivity contribution in [2.75, 3.05) is 13.2 Å². The van der Waals surface area contributed by atoms with E-state index in [1.165, 1.54) is 18.2 Å². The quantitative estimate of drug-likeness (QED) is 0.840. The molecule has 1 aromatic rings. The summed E-state index contributed by atoms with van der Waals surface area (Å²) >= 11 is 0. The fraction of sp³-hybridized carbons (Fsp3) is 0.438. The standard InChI is InChI=1S/C16H18FNO2/c1-12-5-4-9-18(12)16(20)15-11-14(17)8-7-13(15)6-2-3-10-19/h7-8,11-12,19H,3-5,9-10H2,1H3. The molecule has 0 radical (unpaired) electrons. The zero-order valence-corrected chi connectivity index (χ0v) is 11.5. The summed E-state index contributed by atoms with van der Waals surface area (Å²) in [6, 6.07) is 4.25. The fourth-order valence-corrected chi connectivity index (χ4v) is 2.41. The Morgan fingerprint density at radius 3 is 3.00 bits per heavy atom. The molecular formula is C16H18FNO2. The molecule has 0 aromatic heterocycles. The molecule has 0 aliphatic carbocycles. The van der Waals surface area contributed by atoms with Crippen LogP contribution in [-0.4, -0.2) is 35.1 Å². The molecule has 1 atom stereocenters. The molecule has 2 rings (SSSR count). The van der Waals surface area contributed by atoms with Gasteiger partial charge >= 0.3 is 0 Å². The lowest BCUT2D eigenvalue weighted by atomic mass is 10.1. The highest BCUT2D eigenvalue weighted by Crippen LogP contribution is 2.21. The Labute approximate surface area is 118 Å². The van der Waals surface area contributed by atoms with Gasteiger partial charge in [0.2, 0.25) is 0 Å². The van der Waals surface area contributed by atoms with Crippen LogP contribution in [0.4, 0.5) is 4.39 Å². The zero-order valence-electron chi connectivity index (χ0n) is 11.5. The maximum atomic E-state index is 13.4. The highest BCUT2D eigenvalue weighted by molar-refractivity contribution is 5.97. The van der Waals surface area contributed by atoms with E-state index in [1.54, 1.807) is 4.90 Å². The van der Waals surface area contributed by atoms with Crippen molar-refractivity contribution in [1.29, 1.82) is 0 Å². The van der Waals surface area contributed by atoms with Gasteiger partial charge in [0.15, 0.2) is 0 Å². The lowest BCUT2D eigenvalue weighted by molar-refractivity contribution is 0.0746. The largest absolute Gasteiger partial charge is 0.395 e. The Kier molecular flexibility index (Phi) is 4.75. The van der Waals surface area contributed by atoms with Crippen molar-refractivity contribution in [2.24, 2.45) is 0 Å². The van der Waals surface area contributed by atoms with E-state index < -0.39 is 5.82 Å². The Hall–Kier alpha value is -1.86. The number of nitrogens with zero attached hydrogens (tertiary/aromatic N) is 1. The van der Waals surface area contributed by atoms with Crippen LogP contribution in [0.25, 0.3) is 0 Å². The summed E-state index contributed by atoms with van der Waals surface area (Å²) in [5, 5.41) is 8.74. The number of likely N-dealkylation sites (tertiary alicyclic amines) is 1. The van der Waals surface area contributed by atoms with Crippen molar-refractivity contribution in [1.82, 2.24) is 4.90 Å². The molecule has 1 amide bonds. The van der Waals surface area contributed by atoms with Crippen molar-refractivity contribution in [3.05, 3.63) is 35.1 Å².